The minimum Gasteiger partial charge on any atom is -0.327 e. The van der Waals surface area contributed by atoms with Crippen LogP contribution in [0.4, 0.5) is 0 Å². The van der Waals surface area contributed by atoms with Gasteiger partial charge in [0, 0.05) is 12.3 Å². The van der Waals surface area contributed by atoms with Crippen LogP contribution in [0.1, 0.15) is 46.0 Å². The first-order valence-corrected chi connectivity index (χ1v) is 7.41. The normalized spacial score (nSPS) is 37.1. The predicted octanol–water partition coefficient (Wildman–Crippen LogP) is 2.84. The molecule has 2 bridgehead atoms. The predicted molar refractivity (Wildman–Crippen MR) is 74.3 cm³/mol. The Morgan fingerprint density at radius 3 is 2.60 bits per heavy atom. The molecule has 2 atom stereocenters. The summed E-state index contributed by atoms with van der Waals surface area (Å²) in [5.74, 6) is 1.93. The van der Waals surface area contributed by atoms with E-state index in [1.54, 1.807) is 0 Å². The first-order chi connectivity index (χ1) is 9.60. The van der Waals surface area contributed by atoms with E-state index < -0.39 is 12.1 Å². The summed E-state index contributed by atoms with van der Waals surface area (Å²) in [6, 6.07) is 2.28. The summed E-state index contributed by atoms with van der Waals surface area (Å²) < 4.78 is 17.5. The van der Waals surface area contributed by atoms with E-state index >= 15 is 0 Å². The van der Waals surface area contributed by atoms with Gasteiger partial charge in [-0.1, -0.05) is 20.3 Å². The van der Waals surface area contributed by atoms with Crippen LogP contribution in [0, 0.1) is 35.0 Å². The molecule has 3 aliphatic heterocycles. The van der Waals surface area contributed by atoms with Crippen molar-refractivity contribution in [3.8, 4) is 18.4 Å². The highest BCUT2D eigenvalue weighted by atomic mass is 16.9. The number of hydrogen-bond acceptors (Lipinski definition) is 4. The Kier molecular flexibility index (Phi) is 4.70. The van der Waals surface area contributed by atoms with Crippen LogP contribution in [0.25, 0.3) is 0 Å². The minimum atomic E-state index is -1.02. The van der Waals surface area contributed by atoms with Crippen molar-refractivity contribution in [2.75, 3.05) is 13.2 Å². The van der Waals surface area contributed by atoms with Gasteiger partial charge in [-0.2, -0.15) is 5.26 Å². The fraction of sp³-hybridized carbons (Fsp3) is 0.812. The van der Waals surface area contributed by atoms with E-state index in [-0.39, 0.29) is 11.3 Å². The van der Waals surface area contributed by atoms with Crippen molar-refractivity contribution in [3.05, 3.63) is 0 Å². The van der Waals surface area contributed by atoms with Crippen molar-refractivity contribution in [3.63, 3.8) is 0 Å². The van der Waals surface area contributed by atoms with Gasteiger partial charge in [-0.25, -0.2) is 0 Å². The number of nitrogens with zero attached hydrogens (tertiary/aromatic N) is 1. The van der Waals surface area contributed by atoms with Crippen LogP contribution in [0.2, 0.25) is 0 Å². The second-order valence-corrected chi connectivity index (χ2v) is 5.96. The van der Waals surface area contributed by atoms with Gasteiger partial charge in [0.1, 0.15) is 0 Å². The topological polar surface area (TPSA) is 51.5 Å². The lowest BCUT2D eigenvalue weighted by atomic mass is 9.77. The molecule has 4 nitrogen and oxygen atoms in total. The minimum absolute atomic E-state index is 0.240. The number of hydrogen-bond donors (Lipinski definition) is 0. The molecule has 0 aliphatic carbocycles. The van der Waals surface area contributed by atoms with Gasteiger partial charge in [0.15, 0.2) is 6.10 Å². The quantitative estimate of drug-likeness (QED) is 0.701. The van der Waals surface area contributed by atoms with E-state index in [2.05, 4.69) is 18.9 Å². The van der Waals surface area contributed by atoms with Gasteiger partial charge in [-0.15, -0.1) is 12.3 Å². The highest BCUT2D eigenvalue weighted by Crippen LogP contribution is 2.47. The number of nitriles is 1. The second-order valence-electron chi connectivity index (χ2n) is 5.96. The van der Waals surface area contributed by atoms with Crippen molar-refractivity contribution in [2.24, 2.45) is 11.3 Å². The molecule has 0 aromatic rings. The molecule has 0 amide bonds. The van der Waals surface area contributed by atoms with Crippen molar-refractivity contribution < 1.29 is 14.2 Å². The molecule has 2 unspecified atom stereocenters. The molecule has 20 heavy (non-hydrogen) atoms. The maximum Gasteiger partial charge on any atom is 0.284 e. The molecule has 0 N–H and O–H groups in total. The molecule has 3 fully saturated rings. The van der Waals surface area contributed by atoms with Gasteiger partial charge in [-0.05, 0) is 19.3 Å². The summed E-state index contributed by atoms with van der Waals surface area (Å²) in [4.78, 5) is 0. The largest absolute Gasteiger partial charge is 0.327 e. The maximum absolute atomic E-state index is 9.36. The van der Waals surface area contributed by atoms with Crippen LogP contribution in [-0.4, -0.2) is 25.3 Å². The van der Waals surface area contributed by atoms with Gasteiger partial charge >= 0.3 is 0 Å². The van der Waals surface area contributed by atoms with E-state index in [1.807, 2.05) is 6.92 Å². The summed E-state index contributed by atoms with van der Waals surface area (Å²) in [7, 11) is 0. The fourth-order valence-corrected chi connectivity index (χ4v) is 2.96. The third-order valence-corrected chi connectivity index (χ3v) is 4.28. The van der Waals surface area contributed by atoms with Gasteiger partial charge in [0.05, 0.1) is 24.7 Å². The van der Waals surface area contributed by atoms with Crippen molar-refractivity contribution in [1.82, 2.24) is 0 Å². The van der Waals surface area contributed by atoms with Crippen LogP contribution in [0.3, 0.4) is 0 Å². The lowest BCUT2D eigenvalue weighted by molar-refractivity contribution is -0.483. The average molecular weight is 277 g/mol. The number of rotatable bonds is 6. The standard InChI is InChI=1S/C16H23NO3/c1-4-8-15-11-18-16(19-12-15,20-14(15)10-17)9-6-7-13(3)5-2/h2,13-14H,4,6-9,11-12H2,1,3H3. The third kappa shape index (κ3) is 2.83. The van der Waals surface area contributed by atoms with Crippen LogP contribution in [0.15, 0.2) is 0 Å². The SMILES string of the molecule is C#CC(C)CCCC12OCC(CCC)(CO1)C(C#N)O2. The maximum atomic E-state index is 9.36. The van der Waals surface area contributed by atoms with Crippen LogP contribution >= 0.6 is 0 Å². The zero-order valence-electron chi connectivity index (χ0n) is 12.4. The zero-order valence-corrected chi connectivity index (χ0v) is 12.4. The Bertz CT molecular complexity index is 412. The molecule has 110 valence electrons. The zero-order chi connectivity index (χ0) is 14.6. The smallest absolute Gasteiger partial charge is 0.284 e. The van der Waals surface area contributed by atoms with Crippen LogP contribution < -0.4 is 0 Å². The highest BCUT2D eigenvalue weighted by Gasteiger charge is 2.57. The molecule has 3 rings (SSSR count). The monoisotopic (exact) mass is 277 g/mol. The van der Waals surface area contributed by atoms with Crippen molar-refractivity contribution in [1.29, 1.82) is 5.26 Å². The molecule has 3 saturated heterocycles. The first kappa shape index (κ1) is 15.3. The first-order valence-electron chi connectivity index (χ1n) is 7.41. The Morgan fingerprint density at radius 1 is 1.35 bits per heavy atom. The average Bonchev–Trinajstić information content (AvgIpc) is 2.48. The van der Waals surface area contributed by atoms with E-state index in [4.69, 9.17) is 20.6 Å². The number of ether oxygens (including phenoxy) is 3. The molecule has 3 aliphatic rings. The van der Waals surface area contributed by atoms with Crippen LogP contribution in [0.5, 0.6) is 0 Å². The van der Waals surface area contributed by atoms with Gasteiger partial charge in [0.25, 0.3) is 5.97 Å². The van der Waals surface area contributed by atoms with Crippen molar-refractivity contribution >= 4 is 0 Å². The second kappa shape index (κ2) is 6.14. The van der Waals surface area contributed by atoms with E-state index in [0.29, 0.717) is 19.6 Å². The van der Waals surface area contributed by atoms with Gasteiger partial charge in [0.2, 0.25) is 0 Å². The van der Waals surface area contributed by atoms with E-state index in [9.17, 15) is 5.26 Å². The van der Waals surface area contributed by atoms with Crippen molar-refractivity contribution in [2.45, 2.75) is 58.0 Å². The van der Waals surface area contributed by atoms with Gasteiger partial charge < -0.3 is 14.2 Å². The Balaban J connectivity index is 1.96. The number of fused-ring (bicyclic) bond motifs is 3. The summed E-state index contributed by atoms with van der Waals surface area (Å²) >= 11 is 0. The molecule has 0 aromatic carbocycles. The third-order valence-electron chi connectivity index (χ3n) is 4.28. The molecule has 0 saturated carbocycles. The lowest BCUT2D eigenvalue weighted by Crippen LogP contribution is -2.64. The molecule has 0 spiro atoms. The number of terminal acetylenes is 1. The van der Waals surface area contributed by atoms with E-state index in [1.165, 1.54) is 0 Å². The fourth-order valence-electron chi connectivity index (χ4n) is 2.96. The molecule has 0 aromatic heterocycles. The highest BCUT2D eigenvalue weighted by molar-refractivity contribution is 5.05. The van der Waals surface area contributed by atoms with Gasteiger partial charge in [-0.3, -0.25) is 0 Å². The lowest BCUT2D eigenvalue weighted by Gasteiger charge is -2.54. The summed E-state index contributed by atoms with van der Waals surface area (Å²) in [6.07, 6.45) is 9.21. The molecule has 3 heterocycles. The Labute approximate surface area is 121 Å². The summed E-state index contributed by atoms with van der Waals surface area (Å²) in [5, 5.41) is 9.36. The molecule has 0 radical (unpaired) electrons. The Hall–Kier alpha value is -1.07. The molecule has 4 heteroatoms. The molecular weight excluding hydrogens is 254 g/mol. The van der Waals surface area contributed by atoms with Crippen LogP contribution in [-0.2, 0) is 14.2 Å². The van der Waals surface area contributed by atoms with E-state index in [0.717, 1.165) is 25.7 Å². The Morgan fingerprint density at radius 2 is 2.05 bits per heavy atom. The summed E-state index contributed by atoms with van der Waals surface area (Å²) in [6.45, 7) is 5.21. The summed E-state index contributed by atoms with van der Waals surface area (Å²) in [5.41, 5.74) is -0.294. The molecular formula is C16H23NO3.